The van der Waals surface area contributed by atoms with Crippen molar-refractivity contribution in [2.45, 2.75) is 13.1 Å². The highest BCUT2D eigenvalue weighted by molar-refractivity contribution is 5.83. The SMILES string of the molecule is Cc1ccc(-c2c(N)nc(N3CCN(c4c(C(F)(F)F)ccc[n+]4[O-])CC3)nc2N)cc1. The first-order valence-electron chi connectivity index (χ1n) is 9.94. The summed E-state index contributed by atoms with van der Waals surface area (Å²) in [6.07, 6.45) is -3.57. The summed E-state index contributed by atoms with van der Waals surface area (Å²) >= 11 is 0. The number of hydrogen-bond donors (Lipinski definition) is 2. The third-order valence-electron chi connectivity index (χ3n) is 5.39. The van der Waals surface area contributed by atoms with Gasteiger partial charge < -0.3 is 21.6 Å². The van der Waals surface area contributed by atoms with Crippen LogP contribution in [0.2, 0.25) is 0 Å². The Balaban J connectivity index is 1.55. The Hall–Kier alpha value is -3.76. The second-order valence-corrected chi connectivity index (χ2v) is 7.58. The van der Waals surface area contributed by atoms with Crippen molar-refractivity contribution >= 4 is 23.4 Å². The molecule has 11 heteroatoms. The summed E-state index contributed by atoms with van der Waals surface area (Å²) in [7, 11) is 0. The van der Waals surface area contributed by atoms with Crippen molar-refractivity contribution in [2.75, 3.05) is 47.4 Å². The van der Waals surface area contributed by atoms with Gasteiger partial charge in [0.1, 0.15) is 30.3 Å². The summed E-state index contributed by atoms with van der Waals surface area (Å²) in [5.41, 5.74) is 13.8. The van der Waals surface area contributed by atoms with Crippen molar-refractivity contribution in [1.29, 1.82) is 0 Å². The van der Waals surface area contributed by atoms with Gasteiger partial charge in [-0.15, -0.1) is 0 Å². The van der Waals surface area contributed by atoms with E-state index in [0.29, 0.717) is 24.6 Å². The zero-order valence-corrected chi connectivity index (χ0v) is 17.3. The molecule has 3 aromatic rings. The van der Waals surface area contributed by atoms with Crippen LogP contribution in [0, 0.1) is 12.1 Å². The summed E-state index contributed by atoms with van der Waals surface area (Å²) in [6.45, 7) is 2.93. The molecular weight excluding hydrogens is 423 g/mol. The quantitative estimate of drug-likeness (QED) is 0.471. The first kappa shape index (κ1) is 21.5. The predicted molar refractivity (Wildman–Crippen MR) is 116 cm³/mol. The van der Waals surface area contributed by atoms with Crippen molar-refractivity contribution in [3.05, 3.63) is 58.9 Å². The number of hydrogen-bond acceptors (Lipinski definition) is 7. The van der Waals surface area contributed by atoms with Crippen molar-refractivity contribution in [2.24, 2.45) is 0 Å². The number of anilines is 4. The normalized spacial score (nSPS) is 14.6. The molecule has 0 spiro atoms. The Morgan fingerprint density at radius 1 is 0.938 bits per heavy atom. The lowest BCUT2D eigenvalue weighted by atomic mass is 10.1. The minimum absolute atomic E-state index is 0.179. The molecule has 168 valence electrons. The molecule has 0 saturated carbocycles. The van der Waals surface area contributed by atoms with E-state index < -0.39 is 17.6 Å². The number of nitrogens with two attached hydrogens (primary N) is 2. The standard InChI is InChI=1S/C21H22F3N7O/c1-13-4-6-14(7-5-13)16-17(25)27-20(28-18(16)26)30-11-9-29(10-12-30)19-15(21(22,23)24)3-2-8-31(19)32/h2-8H,9-12H2,1H3,(H4,25,26,27,28). The number of aromatic nitrogens is 3. The number of alkyl halides is 3. The molecule has 8 nitrogen and oxygen atoms in total. The molecule has 1 aliphatic rings. The largest absolute Gasteiger partial charge is 0.711 e. The summed E-state index contributed by atoms with van der Waals surface area (Å²) in [5, 5.41) is 12.1. The van der Waals surface area contributed by atoms with Gasteiger partial charge in [0.25, 0.3) is 5.82 Å². The maximum atomic E-state index is 13.4. The van der Waals surface area contributed by atoms with Gasteiger partial charge in [0.05, 0.1) is 24.8 Å². The molecule has 3 heterocycles. The number of benzene rings is 1. The van der Waals surface area contributed by atoms with E-state index in [2.05, 4.69) is 9.97 Å². The van der Waals surface area contributed by atoms with Crippen LogP contribution in [-0.4, -0.2) is 36.1 Å². The molecule has 0 radical (unpaired) electrons. The Labute approximate surface area is 182 Å². The van der Waals surface area contributed by atoms with Crippen molar-refractivity contribution < 1.29 is 17.9 Å². The zero-order valence-electron chi connectivity index (χ0n) is 17.3. The number of pyridine rings is 1. The van der Waals surface area contributed by atoms with E-state index in [1.165, 1.54) is 4.90 Å². The van der Waals surface area contributed by atoms with Crippen molar-refractivity contribution in [3.63, 3.8) is 0 Å². The molecule has 4 rings (SSSR count). The number of nitrogen functional groups attached to an aromatic ring is 2. The Morgan fingerprint density at radius 2 is 1.50 bits per heavy atom. The minimum Gasteiger partial charge on any atom is -0.711 e. The molecule has 1 saturated heterocycles. The van der Waals surface area contributed by atoms with E-state index in [-0.39, 0.29) is 29.5 Å². The maximum absolute atomic E-state index is 13.4. The van der Waals surface area contributed by atoms with Crippen LogP contribution in [0.25, 0.3) is 11.1 Å². The van der Waals surface area contributed by atoms with Gasteiger partial charge >= 0.3 is 6.18 Å². The molecule has 32 heavy (non-hydrogen) atoms. The molecule has 1 aliphatic heterocycles. The summed E-state index contributed by atoms with van der Waals surface area (Å²) in [5.74, 6) is 0.334. The van der Waals surface area contributed by atoms with Crippen molar-refractivity contribution in [3.8, 4) is 11.1 Å². The van der Waals surface area contributed by atoms with Gasteiger partial charge in [-0.25, -0.2) is 4.73 Å². The van der Waals surface area contributed by atoms with E-state index in [1.807, 2.05) is 31.2 Å². The number of aryl methyl sites for hydroxylation is 1. The number of halogens is 3. The topological polar surface area (TPSA) is 111 Å². The second kappa shape index (κ2) is 8.06. The highest BCUT2D eigenvalue weighted by Gasteiger charge is 2.40. The molecule has 1 fully saturated rings. The van der Waals surface area contributed by atoms with Gasteiger partial charge in [-0.1, -0.05) is 29.8 Å². The van der Waals surface area contributed by atoms with Crippen LogP contribution in [-0.2, 0) is 6.18 Å². The third kappa shape index (κ3) is 4.05. The summed E-state index contributed by atoms with van der Waals surface area (Å²) in [6, 6.07) is 9.63. The van der Waals surface area contributed by atoms with E-state index in [1.54, 1.807) is 4.90 Å². The minimum atomic E-state index is -4.63. The molecule has 4 N–H and O–H groups in total. The number of rotatable bonds is 3. The first-order chi connectivity index (χ1) is 15.1. The Morgan fingerprint density at radius 3 is 2.06 bits per heavy atom. The fourth-order valence-electron chi connectivity index (χ4n) is 3.77. The average molecular weight is 445 g/mol. The van der Waals surface area contributed by atoms with Gasteiger partial charge in [0, 0.05) is 0 Å². The smallest absolute Gasteiger partial charge is 0.424 e. The third-order valence-corrected chi connectivity index (χ3v) is 5.39. The van der Waals surface area contributed by atoms with Gasteiger partial charge in [-0.3, -0.25) is 4.90 Å². The first-order valence-corrected chi connectivity index (χ1v) is 9.94. The number of nitrogens with zero attached hydrogens (tertiary/aromatic N) is 5. The van der Waals surface area contributed by atoms with E-state index in [4.69, 9.17) is 11.5 Å². The highest BCUT2D eigenvalue weighted by atomic mass is 19.4. The average Bonchev–Trinajstić information content (AvgIpc) is 2.74. The van der Waals surface area contributed by atoms with E-state index in [0.717, 1.165) is 29.5 Å². The summed E-state index contributed by atoms with van der Waals surface area (Å²) < 4.78 is 40.4. The number of piperazine rings is 1. The molecule has 0 unspecified atom stereocenters. The predicted octanol–water partition coefficient (Wildman–Crippen LogP) is 2.60. The van der Waals surface area contributed by atoms with Gasteiger partial charge in [-0.2, -0.15) is 23.1 Å². The van der Waals surface area contributed by atoms with E-state index in [9.17, 15) is 18.4 Å². The van der Waals surface area contributed by atoms with Gasteiger partial charge in [0.2, 0.25) is 5.95 Å². The fourth-order valence-corrected chi connectivity index (χ4v) is 3.77. The van der Waals surface area contributed by atoms with Crippen LogP contribution in [0.4, 0.5) is 36.6 Å². The molecular formula is C21H22F3N7O. The van der Waals surface area contributed by atoms with Crippen LogP contribution in [0.5, 0.6) is 0 Å². The molecule has 0 aliphatic carbocycles. The lowest BCUT2D eigenvalue weighted by Crippen LogP contribution is -2.51. The van der Waals surface area contributed by atoms with Crippen molar-refractivity contribution in [1.82, 2.24) is 9.97 Å². The molecule has 1 aromatic carbocycles. The van der Waals surface area contributed by atoms with Crippen LogP contribution in [0.1, 0.15) is 11.1 Å². The monoisotopic (exact) mass is 445 g/mol. The molecule has 0 amide bonds. The lowest BCUT2D eigenvalue weighted by molar-refractivity contribution is -0.593. The van der Waals surface area contributed by atoms with Crippen LogP contribution in [0.3, 0.4) is 0 Å². The van der Waals surface area contributed by atoms with Gasteiger partial charge in [0.15, 0.2) is 0 Å². The fraction of sp³-hybridized carbons (Fsp3) is 0.286. The van der Waals surface area contributed by atoms with Crippen LogP contribution in [0.15, 0.2) is 42.6 Å². The van der Waals surface area contributed by atoms with Crippen LogP contribution >= 0.6 is 0 Å². The Bertz CT molecular complexity index is 1100. The lowest BCUT2D eigenvalue weighted by Gasteiger charge is -2.33. The van der Waals surface area contributed by atoms with Crippen LogP contribution < -0.4 is 26.0 Å². The molecule has 0 atom stereocenters. The second-order valence-electron chi connectivity index (χ2n) is 7.58. The van der Waals surface area contributed by atoms with E-state index >= 15 is 0 Å². The summed E-state index contributed by atoms with van der Waals surface area (Å²) in [4.78, 5) is 12.0. The molecule has 2 aromatic heterocycles. The molecule has 0 bridgehead atoms. The maximum Gasteiger partial charge on any atom is 0.424 e. The Kier molecular flexibility index (Phi) is 5.41. The zero-order chi connectivity index (χ0) is 23.0. The van der Waals surface area contributed by atoms with Gasteiger partial charge in [-0.05, 0) is 24.6 Å². The highest BCUT2D eigenvalue weighted by Crippen LogP contribution is 2.35.